The Labute approximate surface area is 132 Å². The third-order valence-corrected chi connectivity index (χ3v) is 1.38. The van der Waals surface area contributed by atoms with Gasteiger partial charge in [0.25, 0.3) is 5.69 Å². The van der Waals surface area contributed by atoms with Crippen molar-refractivity contribution in [2.45, 2.75) is 6.92 Å². The molecule has 1 rings (SSSR count). The summed E-state index contributed by atoms with van der Waals surface area (Å²) in [7, 11) is 0. The number of phenolic OH excluding ortho intramolecular Hbond substituents is 1. The van der Waals surface area contributed by atoms with Gasteiger partial charge in [0.15, 0.2) is 0 Å². The number of nitrogens with zero attached hydrogens (tertiary/aromatic N) is 1. The van der Waals surface area contributed by atoms with E-state index in [1.807, 2.05) is 0 Å². The third-order valence-electron chi connectivity index (χ3n) is 1.38. The summed E-state index contributed by atoms with van der Waals surface area (Å²) in [6.45, 7) is 1.58. The molecule has 0 saturated carbocycles. The third kappa shape index (κ3) is 5.50. The second kappa shape index (κ2) is 8.91. The first-order chi connectivity index (χ1) is 5.11. The van der Waals surface area contributed by atoms with Crippen LogP contribution >= 0.6 is 0 Å². The van der Waals surface area contributed by atoms with E-state index in [1.54, 1.807) is 6.92 Å². The number of hydrogen-bond donors (Lipinski definition) is 1. The van der Waals surface area contributed by atoms with Crippen LogP contribution in [-0.2, 0) is 0 Å². The van der Waals surface area contributed by atoms with Gasteiger partial charge in [0.1, 0.15) is 5.75 Å². The van der Waals surface area contributed by atoms with Gasteiger partial charge < -0.3 is 39.1 Å². The van der Waals surface area contributed by atoms with E-state index >= 15 is 0 Å². The molecule has 0 aliphatic rings. The van der Waals surface area contributed by atoms with Crippen LogP contribution in [0, 0.1) is 17.0 Å². The number of benzene rings is 1. The van der Waals surface area contributed by atoms with Gasteiger partial charge in [-0.1, -0.05) is 0 Å². The van der Waals surface area contributed by atoms with Crippen LogP contribution in [0.25, 0.3) is 0 Å². The molecule has 1 aromatic rings. The quantitative estimate of drug-likeness (QED) is 0.313. The molecular weight excluding hydrogens is 346 g/mol. The number of aromatic hydroxyl groups is 1. The minimum atomic E-state index is -0.477. The van der Waals surface area contributed by atoms with Crippen LogP contribution in [0.15, 0.2) is 18.2 Å². The minimum Gasteiger partial charge on any atom is -1.00 e. The molecule has 0 radical (unpaired) electrons. The van der Waals surface area contributed by atoms with E-state index in [4.69, 9.17) is 5.11 Å². The van der Waals surface area contributed by atoms with Crippen molar-refractivity contribution in [2.75, 3.05) is 0 Å². The van der Waals surface area contributed by atoms with Crippen LogP contribution < -0.4 is 34.0 Å². The number of halogens is 2. The van der Waals surface area contributed by atoms with E-state index in [-0.39, 0.29) is 83.1 Å². The number of phenols is 1. The molecule has 0 aromatic heterocycles. The van der Waals surface area contributed by atoms with Crippen LogP contribution in [0.1, 0.15) is 5.56 Å². The van der Waals surface area contributed by atoms with E-state index in [9.17, 15) is 10.1 Å². The maximum Gasteiger partial charge on any atom is 2.00 e. The first-order valence-electron chi connectivity index (χ1n) is 3.05. The van der Waals surface area contributed by atoms with Gasteiger partial charge in [-0.15, -0.1) is 0 Å². The maximum atomic E-state index is 10.3. The van der Waals surface area contributed by atoms with E-state index < -0.39 is 4.92 Å². The smallest absolute Gasteiger partial charge is 1.00 e. The molecular formula is C7H7Br2CaNO3. The van der Waals surface area contributed by atoms with Crippen LogP contribution in [-0.4, -0.2) is 47.8 Å². The second-order valence-electron chi connectivity index (χ2n) is 2.23. The SMILES string of the molecule is Cc1cc(O)ccc1[N+](=O)[O-].[Br-].[Br-].[Ca+2]. The zero-order valence-corrected chi connectivity index (χ0v) is 12.8. The predicted octanol–water partition coefficient (Wildman–Crippen LogP) is -4.76. The van der Waals surface area contributed by atoms with Crippen molar-refractivity contribution in [3.63, 3.8) is 0 Å². The zero-order valence-electron chi connectivity index (χ0n) is 7.41. The average molecular weight is 353 g/mol. The molecule has 0 aliphatic carbocycles. The summed E-state index contributed by atoms with van der Waals surface area (Å²) in [6, 6.07) is 3.94. The van der Waals surface area contributed by atoms with Crippen molar-refractivity contribution in [2.24, 2.45) is 0 Å². The van der Waals surface area contributed by atoms with E-state index in [1.165, 1.54) is 18.2 Å². The van der Waals surface area contributed by atoms with Gasteiger partial charge in [0, 0.05) is 11.6 Å². The monoisotopic (exact) mass is 351 g/mol. The van der Waals surface area contributed by atoms with Crippen molar-refractivity contribution >= 4 is 43.4 Å². The molecule has 0 bridgehead atoms. The van der Waals surface area contributed by atoms with Gasteiger partial charge in [-0.2, -0.15) is 0 Å². The summed E-state index contributed by atoms with van der Waals surface area (Å²) in [5.74, 6) is 0.0492. The van der Waals surface area contributed by atoms with Gasteiger partial charge in [0.05, 0.1) is 4.92 Å². The van der Waals surface area contributed by atoms with Crippen molar-refractivity contribution in [1.82, 2.24) is 0 Å². The second-order valence-corrected chi connectivity index (χ2v) is 2.23. The van der Waals surface area contributed by atoms with Crippen molar-refractivity contribution < 1.29 is 44.0 Å². The molecule has 0 spiro atoms. The Morgan fingerprint density at radius 2 is 1.86 bits per heavy atom. The fourth-order valence-corrected chi connectivity index (χ4v) is 0.844. The normalized spacial score (nSPS) is 7.50. The molecule has 0 saturated heterocycles. The number of aryl methyl sites for hydroxylation is 1. The molecule has 0 fully saturated rings. The maximum absolute atomic E-state index is 10.3. The first-order valence-corrected chi connectivity index (χ1v) is 3.05. The van der Waals surface area contributed by atoms with E-state index in [2.05, 4.69) is 0 Å². The first kappa shape index (κ1) is 20.1. The Bertz CT molecular complexity index is 309. The van der Waals surface area contributed by atoms with E-state index in [0.717, 1.165) is 0 Å². The van der Waals surface area contributed by atoms with Gasteiger partial charge in [-0.3, -0.25) is 10.1 Å². The molecule has 1 aromatic carbocycles. The molecule has 0 aliphatic heterocycles. The summed E-state index contributed by atoms with van der Waals surface area (Å²) in [5, 5.41) is 19.2. The molecule has 1 N–H and O–H groups in total. The Morgan fingerprint density at radius 1 is 1.36 bits per heavy atom. The molecule has 0 heterocycles. The summed E-state index contributed by atoms with van der Waals surface area (Å²) in [4.78, 5) is 9.78. The molecule has 74 valence electrons. The largest absolute Gasteiger partial charge is 2.00 e. The van der Waals surface area contributed by atoms with Crippen molar-refractivity contribution in [1.29, 1.82) is 0 Å². The van der Waals surface area contributed by atoms with Crippen molar-refractivity contribution in [3.8, 4) is 5.75 Å². The number of hydrogen-bond acceptors (Lipinski definition) is 3. The van der Waals surface area contributed by atoms with Gasteiger partial charge in [-0.25, -0.2) is 0 Å². The average Bonchev–Trinajstić information content (AvgIpc) is 1.85. The molecule has 0 unspecified atom stereocenters. The molecule has 0 atom stereocenters. The summed E-state index contributed by atoms with van der Waals surface area (Å²) in [5.41, 5.74) is 0.498. The summed E-state index contributed by atoms with van der Waals surface area (Å²) in [6.07, 6.45) is 0. The standard InChI is InChI=1S/C7H7NO3.2BrH.Ca/c1-5-4-6(9)2-3-7(5)8(10)11;;;/h2-4,9H,1H3;2*1H;/q;;;+2/p-2. The van der Waals surface area contributed by atoms with Gasteiger partial charge in [-0.05, 0) is 19.1 Å². The van der Waals surface area contributed by atoms with E-state index in [0.29, 0.717) is 5.56 Å². The van der Waals surface area contributed by atoms with Crippen LogP contribution in [0.3, 0.4) is 0 Å². The molecule has 7 heteroatoms. The van der Waals surface area contributed by atoms with Gasteiger partial charge >= 0.3 is 37.7 Å². The Kier molecular flexibility index (Phi) is 12.8. The van der Waals surface area contributed by atoms with Crippen LogP contribution in [0.5, 0.6) is 5.75 Å². The molecule has 4 nitrogen and oxygen atoms in total. The fraction of sp³-hybridized carbons (Fsp3) is 0.143. The molecule has 0 amide bonds. The van der Waals surface area contributed by atoms with Crippen LogP contribution in [0.2, 0.25) is 0 Å². The molecule has 14 heavy (non-hydrogen) atoms. The van der Waals surface area contributed by atoms with Crippen LogP contribution in [0.4, 0.5) is 5.69 Å². The predicted molar refractivity (Wildman–Crippen MR) is 45.3 cm³/mol. The Morgan fingerprint density at radius 3 is 2.21 bits per heavy atom. The summed E-state index contributed by atoms with van der Waals surface area (Å²) < 4.78 is 0. The number of nitro benzene ring substituents is 1. The van der Waals surface area contributed by atoms with Gasteiger partial charge in [0.2, 0.25) is 0 Å². The number of nitro groups is 1. The Hall–Kier alpha value is 0.640. The van der Waals surface area contributed by atoms with Crippen molar-refractivity contribution in [3.05, 3.63) is 33.9 Å². The minimum absolute atomic E-state index is 0. The fourth-order valence-electron chi connectivity index (χ4n) is 0.844. The Balaban J connectivity index is -0.000000403. The summed E-state index contributed by atoms with van der Waals surface area (Å²) >= 11 is 0. The topological polar surface area (TPSA) is 63.4 Å². The zero-order chi connectivity index (χ0) is 8.43. The number of rotatable bonds is 1.